The van der Waals surface area contributed by atoms with Crippen LogP contribution in [-0.2, 0) is 0 Å². The molecule has 0 N–H and O–H groups in total. The maximum Gasteiger partial charge on any atom is 0.0301 e. The molecule has 20 heavy (non-hydrogen) atoms. The van der Waals surface area contributed by atoms with Crippen molar-refractivity contribution in [3.8, 4) is 0 Å². The van der Waals surface area contributed by atoms with E-state index in [1.54, 1.807) is 11.1 Å². The summed E-state index contributed by atoms with van der Waals surface area (Å²) in [7, 11) is 0. The van der Waals surface area contributed by atoms with Gasteiger partial charge in [-0.25, -0.2) is 0 Å². The third kappa shape index (κ3) is 2.00. The van der Waals surface area contributed by atoms with E-state index in [1.807, 2.05) is 0 Å². The van der Waals surface area contributed by atoms with E-state index in [9.17, 15) is 0 Å². The lowest BCUT2D eigenvalue weighted by Crippen LogP contribution is -2.08. The predicted octanol–water partition coefficient (Wildman–Crippen LogP) is 5.32. The SMILES string of the molecule is c1ccc(C(C2=C3CCC(C3)C2)c2ccccc2)cc1. The summed E-state index contributed by atoms with van der Waals surface area (Å²) in [5.74, 6) is 1.42. The zero-order valence-corrected chi connectivity index (χ0v) is 11.8. The topological polar surface area (TPSA) is 0 Å². The number of fused-ring (bicyclic) bond motifs is 2. The fourth-order valence-corrected chi connectivity index (χ4v) is 4.06. The van der Waals surface area contributed by atoms with Gasteiger partial charge in [-0.1, -0.05) is 71.8 Å². The molecule has 0 heteroatoms. The van der Waals surface area contributed by atoms with Crippen molar-refractivity contribution in [1.29, 1.82) is 0 Å². The summed E-state index contributed by atoms with van der Waals surface area (Å²) in [6.45, 7) is 0. The molecule has 0 aromatic heterocycles. The molecule has 1 fully saturated rings. The standard InChI is InChI=1S/C20H20/c1-3-7-16(8-4-1)20(17-9-5-2-6-10-17)19-14-15-11-12-18(19)13-15/h1-10,15,20H,11-14H2. The van der Waals surface area contributed by atoms with Gasteiger partial charge in [-0.3, -0.25) is 0 Å². The van der Waals surface area contributed by atoms with Crippen LogP contribution in [0, 0.1) is 5.92 Å². The molecule has 0 heterocycles. The van der Waals surface area contributed by atoms with Gasteiger partial charge in [0.15, 0.2) is 0 Å². The van der Waals surface area contributed by atoms with Gasteiger partial charge >= 0.3 is 0 Å². The van der Waals surface area contributed by atoms with E-state index in [0.717, 1.165) is 5.92 Å². The van der Waals surface area contributed by atoms with Gasteiger partial charge in [-0.05, 0) is 42.7 Å². The van der Waals surface area contributed by atoms with E-state index in [0.29, 0.717) is 5.92 Å². The molecule has 0 radical (unpaired) electrons. The Bertz CT molecular complexity index is 582. The second-order valence-corrected chi connectivity index (χ2v) is 6.20. The van der Waals surface area contributed by atoms with E-state index in [2.05, 4.69) is 60.7 Å². The van der Waals surface area contributed by atoms with E-state index in [-0.39, 0.29) is 0 Å². The van der Waals surface area contributed by atoms with Crippen LogP contribution in [-0.4, -0.2) is 0 Å². The normalized spacial score (nSPS) is 20.9. The van der Waals surface area contributed by atoms with Crippen molar-refractivity contribution in [3.63, 3.8) is 0 Å². The third-order valence-electron chi connectivity index (χ3n) is 4.97. The first-order valence-electron chi connectivity index (χ1n) is 7.72. The predicted molar refractivity (Wildman–Crippen MR) is 83.7 cm³/mol. The van der Waals surface area contributed by atoms with E-state index in [4.69, 9.17) is 0 Å². The Morgan fingerprint density at radius 2 is 1.35 bits per heavy atom. The summed E-state index contributed by atoms with van der Waals surface area (Å²) < 4.78 is 0. The summed E-state index contributed by atoms with van der Waals surface area (Å²) >= 11 is 0. The van der Waals surface area contributed by atoms with Crippen molar-refractivity contribution in [2.45, 2.75) is 31.6 Å². The number of allylic oxidation sites excluding steroid dienone is 2. The first-order chi connectivity index (χ1) is 9.92. The molecule has 0 nitrogen and oxygen atoms in total. The van der Waals surface area contributed by atoms with Crippen LogP contribution in [0.25, 0.3) is 0 Å². The van der Waals surface area contributed by atoms with Crippen LogP contribution in [0.5, 0.6) is 0 Å². The molecule has 0 amide bonds. The molecule has 4 rings (SSSR count). The second kappa shape index (κ2) is 4.94. The van der Waals surface area contributed by atoms with E-state index < -0.39 is 0 Å². The second-order valence-electron chi connectivity index (χ2n) is 6.20. The average Bonchev–Trinajstić information content (AvgIpc) is 3.13. The van der Waals surface area contributed by atoms with Crippen LogP contribution in [0.1, 0.15) is 42.7 Å². The minimum Gasteiger partial charge on any atom is -0.0697 e. The summed E-state index contributed by atoms with van der Waals surface area (Å²) in [6.07, 6.45) is 5.46. The van der Waals surface area contributed by atoms with Gasteiger partial charge in [0.05, 0.1) is 0 Å². The highest BCUT2D eigenvalue weighted by molar-refractivity contribution is 5.45. The Morgan fingerprint density at radius 3 is 1.80 bits per heavy atom. The molecule has 1 unspecified atom stereocenters. The van der Waals surface area contributed by atoms with Crippen molar-refractivity contribution in [3.05, 3.63) is 82.9 Å². The Hall–Kier alpha value is -1.82. The smallest absolute Gasteiger partial charge is 0.0301 e. The molecule has 2 aromatic rings. The molecule has 0 saturated heterocycles. The molecule has 2 bridgehead atoms. The van der Waals surface area contributed by atoms with Crippen LogP contribution in [0.4, 0.5) is 0 Å². The molecule has 1 saturated carbocycles. The lowest BCUT2D eigenvalue weighted by atomic mass is 9.80. The molecule has 2 aromatic carbocycles. The number of hydrogen-bond donors (Lipinski definition) is 0. The summed E-state index contributed by atoms with van der Waals surface area (Å²) in [4.78, 5) is 0. The van der Waals surface area contributed by atoms with Gasteiger partial charge in [0, 0.05) is 5.92 Å². The number of rotatable bonds is 3. The van der Waals surface area contributed by atoms with Gasteiger partial charge in [0.25, 0.3) is 0 Å². The maximum absolute atomic E-state index is 2.29. The Balaban J connectivity index is 1.82. The Morgan fingerprint density at radius 1 is 0.750 bits per heavy atom. The van der Waals surface area contributed by atoms with Crippen molar-refractivity contribution < 1.29 is 0 Å². The lowest BCUT2D eigenvalue weighted by molar-refractivity contribution is 0.551. The number of hydrogen-bond acceptors (Lipinski definition) is 0. The molecule has 2 aliphatic carbocycles. The van der Waals surface area contributed by atoms with Gasteiger partial charge in [0.2, 0.25) is 0 Å². The van der Waals surface area contributed by atoms with Gasteiger partial charge in [0.1, 0.15) is 0 Å². The van der Waals surface area contributed by atoms with Crippen molar-refractivity contribution >= 4 is 0 Å². The lowest BCUT2D eigenvalue weighted by Gasteiger charge is -2.24. The largest absolute Gasteiger partial charge is 0.0697 e. The molecule has 100 valence electrons. The molecule has 0 spiro atoms. The Kier molecular flexibility index (Phi) is 2.95. The quantitative estimate of drug-likeness (QED) is 0.655. The van der Waals surface area contributed by atoms with Gasteiger partial charge in [-0.2, -0.15) is 0 Å². The molecular formula is C20H20. The van der Waals surface area contributed by atoms with E-state index >= 15 is 0 Å². The van der Waals surface area contributed by atoms with Crippen LogP contribution >= 0.6 is 0 Å². The average molecular weight is 260 g/mol. The van der Waals surface area contributed by atoms with Crippen LogP contribution < -0.4 is 0 Å². The third-order valence-corrected chi connectivity index (χ3v) is 4.97. The summed E-state index contributed by atoms with van der Waals surface area (Å²) in [6, 6.07) is 22.1. The first-order valence-corrected chi connectivity index (χ1v) is 7.72. The molecular weight excluding hydrogens is 240 g/mol. The van der Waals surface area contributed by atoms with Crippen molar-refractivity contribution in [2.24, 2.45) is 5.92 Å². The molecule has 2 aliphatic rings. The first kappa shape index (κ1) is 12.0. The highest BCUT2D eigenvalue weighted by Crippen LogP contribution is 2.50. The van der Waals surface area contributed by atoms with Gasteiger partial charge < -0.3 is 0 Å². The van der Waals surface area contributed by atoms with E-state index in [1.165, 1.54) is 36.8 Å². The van der Waals surface area contributed by atoms with Crippen LogP contribution in [0.3, 0.4) is 0 Å². The minimum atomic E-state index is 0.484. The minimum absolute atomic E-state index is 0.484. The van der Waals surface area contributed by atoms with Crippen molar-refractivity contribution in [1.82, 2.24) is 0 Å². The highest BCUT2D eigenvalue weighted by Gasteiger charge is 2.34. The summed E-state index contributed by atoms with van der Waals surface area (Å²) in [5.41, 5.74) is 6.38. The van der Waals surface area contributed by atoms with Crippen LogP contribution in [0.15, 0.2) is 71.8 Å². The summed E-state index contributed by atoms with van der Waals surface area (Å²) in [5, 5.41) is 0. The van der Waals surface area contributed by atoms with Gasteiger partial charge in [-0.15, -0.1) is 0 Å². The molecule has 0 aliphatic heterocycles. The highest BCUT2D eigenvalue weighted by atomic mass is 14.4. The monoisotopic (exact) mass is 260 g/mol. The fraction of sp³-hybridized carbons (Fsp3) is 0.300. The van der Waals surface area contributed by atoms with Crippen molar-refractivity contribution in [2.75, 3.05) is 0 Å². The Labute approximate surface area is 121 Å². The fourth-order valence-electron chi connectivity index (χ4n) is 4.06. The number of benzene rings is 2. The molecule has 1 atom stereocenters. The van der Waals surface area contributed by atoms with Crippen LogP contribution in [0.2, 0.25) is 0 Å². The maximum atomic E-state index is 2.29. The zero-order chi connectivity index (χ0) is 13.4. The zero-order valence-electron chi connectivity index (χ0n) is 11.8.